The highest BCUT2D eigenvalue weighted by molar-refractivity contribution is 7.97. The molecule has 3 rings (SSSR count). The number of aromatic nitrogens is 3. The fourth-order valence-corrected chi connectivity index (χ4v) is 2.95. The van der Waals surface area contributed by atoms with Gasteiger partial charge in [0.05, 0.1) is 11.8 Å². The molecule has 1 atom stereocenters. The van der Waals surface area contributed by atoms with Crippen LogP contribution in [0.25, 0.3) is 0 Å². The van der Waals surface area contributed by atoms with Crippen molar-refractivity contribution in [3.05, 3.63) is 35.8 Å². The highest BCUT2D eigenvalue weighted by Crippen LogP contribution is 2.40. The van der Waals surface area contributed by atoms with E-state index in [1.807, 2.05) is 23.9 Å². The Labute approximate surface area is 133 Å². The summed E-state index contributed by atoms with van der Waals surface area (Å²) < 4.78 is 7.42. The predicted octanol–water partition coefficient (Wildman–Crippen LogP) is 2.64. The third-order valence-electron chi connectivity index (χ3n) is 3.78. The lowest BCUT2D eigenvalue weighted by atomic mass is 10.1. The molecular formula is C15H20N4O2S. The summed E-state index contributed by atoms with van der Waals surface area (Å²) in [7, 11) is 0. The fraction of sp³-hybridized carbons (Fsp3) is 0.533. The molecule has 2 aromatic heterocycles. The summed E-state index contributed by atoms with van der Waals surface area (Å²) in [6.07, 6.45) is 5.77. The van der Waals surface area contributed by atoms with Crippen LogP contribution in [0.15, 0.2) is 22.9 Å². The van der Waals surface area contributed by atoms with Gasteiger partial charge in [-0.1, -0.05) is 0 Å². The first-order valence-corrected chi connectivity index (χ1v) is 8.88. The van der Waals surface area contributed by atoms with Crippen molar-refractivity contribution >= 4 is 17.7 Å². The van der Waals surface area contributed by atoms with Gasteiger partial charge in [0.1, 0.15) is 17.9 Å². The zero-order valence-electron chi connectivity index (χ0n) is 12.8. The molecule has 7 heteroatoms. The lowest BCUT2D eigenvalue weighted by Crippen LogP contribution is -2.31. The van der Waals surface area contributed by atoms with Crippen LogP contribution in [-0.2, 0) is 12.3 Å². The van der Waals surface area contributed by atoms with Crippen molar-refractivity contribution in [2.75, 3.05) is 6.26 Å². The molecule has 0 aliphatic heterocycles. The zero-order valence-corrected chi connectivity index (χ0v) is 13.6. The topological polar surface area (TPSA) is 73.0 Å². The van der Waals surface area contributed by atoms with E-state index in [2.05, 4.69) is 15.4 Å². The first kappa shape index (κ1) is 15.1. The molecule has 1 N–H and O–H groups in total. The Hall–Kier alpha value is -1.76. The molecular weight excluding hydrogens is 300 g/mol. The molecule has 0 saturated heterocycles. The quantitative estimate of drug-likeness (QED) is 0.849. The average molecular weight is 320 g/mol. The van der Waals surface area contributed by atoms with Crippen molar-refractivity contribution in [3.8, 4) is 0 Å². The first-order chi connectivity index (χ1) is 10.7. The average Bonchev–Trinajstić information content (AvgIpc) is 3.06. The van der Waals surface area contributed by atoms with E-state index >= 15 is 0 Å². The Balaban J connectivity index is 1.74. The van der Waals surface area contributed by atoms with E-state index in [0.29, 0.717) is 11.7 Å². The van der Waals surface area contributed by atoms with Gasteiger partial charge in [-0.3, -0.25) is 4.79 Å². The van der Waals surface area contributed by atoms with E-state index < -0.39 is 0 Å². The van der Waals surface area contributed by atoms with Gasteiger partial charge in [0, 0.05) is 6.54 Å². The Morgan fingerprint density at radius 3 is 3.05 bits per heavy atom. The molecule has 1 saturated carbocycles. The van der Waals surface area contributed by atoms with Gasteiger partial charge < -0.3 is 9.73 Å². The van der Waals surface area contributed by atoms with Gasteiger partial charge in [-0.2, -0.15) is 16.9 Å². The lowest BCUT2D eigenvalue weighted by molar-refractivity contribution is 0.0899. The van der Waals surface area contributed by atoms with Gasteiger partial charge >= 0.3 is 0 Å². The number of hydrogen-bond acceptors (Lipinski definition) is 5. The van der Waals surface area contributed by atoms with E-state index in [1.54, 1.807) is 24.2 Å². The van der Waals surface area contributed by atoms with Crippen LogP contribution in [0.1, 0.15) is 47.9 Å². The molecule has 1 unspecified atom stereocenters. The van der Waals surface area contributed by atoms with E-state index in [1.165, 1.54) is 0 Å². The van der Waals surface area contributed by atoms with Gasteiger partial charge in [0.2, 0.25) is 0 Å². The number of aryl methyl sites for hydroxylation is 1. The summed E-state index contributed by atoms with van der Waals surface area (Å²) >= 11 is 1.66. The van der Waals surface area contributed by atoms with Crippen molar-refractivity contribution in [1.82, 2.24) is 20.1 Å². The number of hydrogen-bond donors (Lipinski definition) is 1. The summed E-state index contributed by atoms with van der Waals surface area (Å²) in [5, 5.41) is 7.27. The van der Waals surface area contributed by atoms with Crippen LogP contribution < -0.4 is 5.32 Å². The van der Waals surface area contributed by atoms with Crippen molar-refractivity contribution in [1.29, 1.82) is 0 Å². The Kier molecular flexibility index (Phi) is 4.52. The minimum Gasteiger partial charge on any atom is -0.455 e. The molecule has 2 heterocycles. The highest BCUT2D eigenvalue weighted by Gasteiger charge is 2.36. The maximum atomic E-state index is 12.4. The van der Waals surface area contributed by atoms with Crippen LogP contribution in [0.2, 0.25) is 0 Å². The highest BCUT2D eigenvalue weighted by atomic mass is 32.2. The molecule has 0 aromatic carbocycles. The number of thioether (sulfide) groups is 1. The maximum absolute atomic E-state index is 12.4. The molecule has 1 amide bonds. The molecule has 6 nitrogen and oxygen atoms in total. The fourth-order valence-electron chi connectivity index (χ4n) is 2.51. The largest absolute Gasteiger partial charge is 0.455 e. The number of amides is 1. The number of furan rings is 1. The van der Waals surface area contributed by atoms with Crippen LogP contribution >= 0.6 is 11.8 Å². The van der Waals surface area contributed by atoms with E-state index in [0.717, 1.165) is 36.7 Å². The maximum Gasteiger partial charge on any atom is 0.287 e. The monoisotopic (exact) mass is 320 g/mol. The number of rotatable bonds is 7. The second-order valence-corrected chi connectivity index (χ2v) is 6.29. The molecule has 0 spiro atoms. The van der Waals surface area contributed by atoms with Gasteiger partial charge in [-0.05, 0) is 44.1 Å². The summed E-state index contributed by atoms with van der Waals surface area (Å²) in [6.45, 7) is 2.76. The summed E-state index contributed by atoms with van der Waals surface area (Å²) in [5.74, 6) is 3.03. The van der Waals surface area contributed by atoms with E-state index in [9.17, 15) is 4.79 Å². The second kappa shape index (κ2) is 6.56. The molecule has 1 fully saturated rings. The number of carbonyl (C=O) groups excluding carboxylic acids is 1. The Morgan fingerprint density at radius 2 is 2.36 bits per heavy atom. The smallest absolute Gasteiger partial charge is 0.287 e. The molecule has 1 aliphatic carbocycles. The standard InChI is InChI=1S/C15H20N4O2S/c1-3-19-14(16-9-17-19)13(10-4-5-10)18-15(20)12-7-6-11(21-12)8-22-2/h6-7,9-10,13H,3-5,8H2,1-2H3,(H,18,20). The van der Waals surface area contributed by atoms with Gasteiger partial charge in [-0.15, -0.1) is 0 Å². The van der Waals surface area contributed by atoms with Crippen LogP contribution in [0.3, 0.4) is 0 Å². The van der Waals surface area contributed by atoms with Crippen LogP contribution in [0.4, 0.5) is 0 Å². The van der Waals surface area contributed by atoms with Crippen molar-refractivity contribution < 1.29 is 9.21 Å². The Morgan fingerprint density at radius 1 is 1.55 bits per heavy atom. The third-order valence-corrected chi connectivity index (χ3v) is 4.35. The van der Waals surface area contributed by atoms with Crippen LogP contribution in [0, 0.1) is 5.92 Å². The van der Waals surface area contributed by atoms with Gasteiger partial charge in [0.15, 0.2) is 5.76 Å². The first-order valence-electron chi connectivity index (χ1n) is 7.49. The van der Waals surface area contributed by atoms with Crippen molar-refractivity contribution in [3.63, 3.8) is 0 Å². The minimum atomic E-state index is -0.185. The van der Waals surface area contributed by atoms with Crippen molar-refractivity contribution in [2.24, 2.45) is 5.92 Å². The van der Waals surface area contributed by atoms with Gasteiger partial charge in [-0.25, -0.2) is 9.67 Å². The number of nitrogens with zero attached hydrogens (tertiary/aromatic N) is 3. The van der Waals surface area contributed by atoms with Gasteiger partial charge in [0.25, 0.3) is 5.91 Å². The van der Waals surface area contributed by atoms with Crippen molar-refractivity contribution in [2.45, 2.75) is 38.1 Å². The molecule has 0 bridgehead atoms. The number of nitrogens with one attached hydrogen (secondary N) is 1. The van der Waals surface area contributed by atoms with Crippen LogP contribution in [-0.4, -0.2) is 26.9 Å². The zero-order chi connectivity index (χ0) is 15.5. The molecule has 1 aliphatic rings. The summed E-state index contributed by atoms with van der Waals surface area (Å²) in [6, 6.07) is 3.49. The second-order valence-electron chi connectivity index (χ2n) is 5.42. The predicted molar refractivity (Wildman–Crippen MR) is 84.6 cm³/mol. The minimum absolute atomic E-state index is 0.0935. The third kappa shape index (κ3) is 3.19. The Bertz CT molecular complexity index is 648. The summed E-state index contributed by atoms with van der Waals surface area (Å²) in [4.78, 5) is 16.8. The molecule has 118 valence electrons. The van der Waals surface area contributed by atoms with E-state index in [4.69, 9.17) is 4.42 Å². The SMILES string of the molecule is CCn1ncnc1C(NC(=O)c1ccc(CSC)o1)C1CC1. The lowest BCUT2D eigenvalue weighted by Gasteiger charge is -2.17. The summed E-state index contributed by atoms with van der Waals surface area (Å²) in [5.41, 5.74) is 0. The number of carbonyl (C=O) groups is 1. The molecule has 22 heavy (non-hydrogen) atoms. The van der Waals surface area contributed by atoms with E-state index in [-0.39, 0.29) is 11.9 Å². The normalized spacial score (nSPS) is 15.7. The van der Waals surface area contributed by atoms with Crippen LogP contribution in [0.5, 0.6) is 0 Å². The molecule has 2 aromatic rings. The molecule has 0 radical (unpaired) electrons.